The molecule has 7 heteroatoms. The van der Waals surface area contributed by atoms with E-state index in [1.54, 1.807) is 0 Å². The van der Waals surface area contributed by atoms with Crippen LogP contribution in [-0.2, 0) is 19.1 Å². The quantitative estimate of drug-likeness (QED) is 0.504. The van der Waals surface area contributed by atoms with Crippen LogP contribution in [0, 0.1) is 47.3 Å². The summed E-state index contributed by atoms with van der Waals surface area (Å²) in [5.74, 6) is -0.00222. The molecule has 4 fully saturated rings. The Balaban J connectivity index is 0.000000213. The van der Waals surface area contributed by atoms with E-state index in [9.17, 15) is 19.8 Å². The minimum atomic E-state index is -0.907. The molecule has 0 heterocycles. The number of ether oxygens (including phenoxy) is 2. The van der Waals surface area contributed by atoms with Crippen molar-refractivity contribution in [1.29, 1.82) is 0 Å². The molecule has 4 saturated carbocycles. The molecular formula is C24H38CaO6. The van der Waals surface area contributed by atoms with Crippen LogP contribution in [0.2, 0.25) is 0 Å². The Hall–Kier alpha value is 0.120. The van der Waals surface area contributed by atoms with Crippen molar-refractivity contribution >= 4 is 49.7 Å². The summed E-state index contributed by atoms with van der Waals surface area (Å²) in [5.41, 5.74) is 0. The smallest absolute Gasteiger partial charge is 0.550 e. The van der Waals surface area contributed by atoms with Gasteiger partial charge in [0, 0.05) is 37.0 Å². The Labute approximate surface area is 216 Å². The molecule has 0 aromatic heterocycles. The van der Waals surface area contributed by atoms with Gasteiger partial charge >= 0.3 is 37.7 Å². The molecule has 0 aromatic rings. The fraction of sp³-hybridized carbons (Fsp3) is 0.917. The minimum Gasteiger partial charge on any atom is -0.550 e. The van der Waals surface area contributed by atoms with Gasteiger partial charge in [-0.1, -0.05) is 27.7 Å². The average molecular weight is 463 g/mol. The second-order valence-electron chi connectivity index (χ2n) is 10.7. The fourth-order valence-corrected chi connectivity index (χ4v) is 6.22. The van der Waals surface area contributed by atoms with Gasteiger partial charge in [-0.2, -0.15) is 0 Å². The number of hydrogen-bond donors (Lipinski definition) is 0. The first kappa shape index (κ1) is 27.4. The van der Waals surface area contributed by atoms with Crippen LogP contribution in [-0.4, -0.2) is 75.1 Å². The van der Waals surface area contributed by atoms with E-state index >= 15 is 0 Å². The van der Waals surface area contributed by atoms with E-state index in [2.05, 4.69) is 27.7 Å². The second-order valence-corrected chi connectivity index (χ2v) is 10.7. The molecule has 4 bridgehead atoms. The molecule has 172 valence electrons. The predicted octanol–water partition coefficient (Wildman–Crippen LogP) is 1.27. The van der Waals surface area contributed by atoms with Gasteiger partial charge in [0.05, 0.1) is 12.2 Å². The number of fused-ring (bicyclic) bond motifs is 4. The van der Waals surface area contributed by atoms with E-state index in [0.717, 1.165) is 38.5 Å². The standard InChI is InChI=1S/2C12H20O3.Ca/c2*1-7(2)6-15-11-9-4-3-8(5-9)10(11)12(13)14;/h2*7-11H,3-6H2,1-2H3,(H,13,14);/q;;+2/p-2. The molecule has 8 atom stereocenters. The summed E-state index contributed by atoms with van der Waals surface area (Å²) in [4.78, 5) is 22.1. The molecule has 0 N–H and O–H groups in total. The van der Waals surface area contributed by atoms with Gasteiger partial charge in [0.25, 0.3) is 0 Å². The summed E-state index contributed by atoms with van der Waals surface area (Å²) in [6.45, 7) is 9.67. The maximum atomic E-state index is 11.1. The topological polar surface area (TPSA) is 98.7 Å². The largest absolute Gasteiger partial charge is 2.00 e. The molecule has 0 aliphatic heterocycles. The van der Waals surface area contributed by atoms with Crippen molar-refractivity contribution in [2.24, 2.45) is 47.3 Å². The Kier molecular flexibility index (Phi) is 10.6. The predicted molar refractivity (Wildman–Crippen MR) is 114 cm³/mol. The van der Waals surface area contributed by atoms with Crippen LogP contribution in [0.15, 0.2) is 0 Å². The molecule has 4 aliphatic carbocycles. The summed E-state index contributed by atoms with van der Waals surface area (Å²) in [6, 6.07) is 0. The van der Waals surface area contributed by atoms with Gasteiger partial charge in [0.2, 0.25) is 0 Å². The molecule has 6 nitrogen and oxygen atoms in total. The van der Waals surface area contributed by atoms with Gasteiger partial charge < -0.3 is 29.3 Å². The Morgan fingerprint density at radius 2 is 1.03 bits per heavy atom. The summed E-state index contributed by atoms with van der Waals surface area (Å²) < 4.78 is 11.5. The van der Waals surface area contributed by atoms with E-state index in [4.69, 9.17) is 9.47 Å². The summed E-state index contributed by atoms with van der Waals surface area (Å²) in [5, 5.41) is 22.1. The van der Waals surface area contributed by atoms with Gasteiger partial charge in [-0.05, 0) is 74.0 Å². The molecule has 8 unspecified atom stereocenters. The first-order valence-corrected chi connectivity index (χ1v) is 11.8. The van der Waals surface area contributed by atoms with E-state index in [-0.39, 0.29) is 61.8 Å². The molecule has 0 spiro atoms. The zero-order chi connectivity index (χ0) is 22.0. The summed E-state index contributed by atoms with van der Waals surface area (Å²) in [6.07, 6.45) is 6.28. The molecule has 0 amide bonds. The first-order valence-electron chi connectivity index (χ1n) is 11.8. The number of carbonyl (C=O) groups excluding carboxylic acids is 2. The number of carboxylic acids is 2. The van der Waals surface area contributed by atoms with Crippen molar-refractivity contribution in [1.82, 2.24) is 0 Å². The van der Waals surface area contributed by atoms with Crippen LogP contribution in [0.1, 0.15) is 66.2 Å². The van der Waals surface area contributed by atoms with Crippen molar-refractivity contribution in [3.8, 4) is 0 Å². The van der Waals surface area contributed by atoms with Crippen LogP contribution < -0.4 is 10.2 Å². The van der Waals surface area contributed by atoms with Gasteiger partial charge in [0.15, 0.2) is 0 Å². The number of carboxylic acid groups (broad SMARTS) is 2. The Bertz CT molecular complexity index is 557. The van der Waals surface area contributed by atoms with Crippen LogP contribution in [0.25, 0.3) is 0 Å². The zero-order valence-corrected chi connectivity index (χ0v) is 21.8. The van der Waals surface area contributed by atoms with E-state index in [1.165, 1.54) is 0 Å². The Morgan fingerprint density at radius 1 is 0.710 bits per heavy atom. The van der Waals surface area contributed by atoms with Gasteiger partial charge in [0.1, 0.15) is 0 Å². The maximum Gasteiger partial charge on any atom is 2.00 e. The fourth-order valence-electron chi connectivity index (χ4n) is 6.22. The molecule has 0 aromatic carbocycles. The SMILES string of the molecule is CC(C)COC1C2CCC(C2)C1C(=O)[O-].CC(C)COC1C2CCC(C2)C1C(=O)[O-].[Ca+2]. The maximum absolute atomic E-state index is 11.1. The molecule has 0 saturated heterocycles. The molecule has 4 rings (SSSR count). The van der Waals surface area contributed by atoms with Crippen LogP contribution >= 0.6 is 0 Å². The molecule has 0 radical (unpaired) electrons. The molecule has 31 heavy (non-hydrogen) atoms. The summed E-state index contributed by atoms with van der Waals surface area (Å²) in [7, 11) is 0. The van der Waals surface area contributed by atoms with Crippen molar-refractivity contribution in [3.05, 3.63) is 0 Å². The van der Waals surface area contributed by atoms with E-state index < -0.39 is 11.9 Å². The van der Waals surface area contributed by atoms with Crippen molar-refractivity contribution < 1.29 is 29.3 Å². The van der Waals surface area contributed by atoms with Crippen LogP contribution in [0.4, 0.5) is 0 Å². The average Bonchev–Trinajstić information content (AvgIpc) is 3.43. The second kappa shape index (κ2) is 12.0. The third-order valence-electron chi connectivity index (χ3n) is 7.47. The number of aliphatic carboxylic acids is 2. The molecular weight excluding hydrogens is 424 g/mol. The molecule has 4 aliphatic rings. The van der Waals surface area contributed by atoms with Crippen LogP contribution in [0.5, 0.6) is 0 Å². The van der Waals surface area contributed by atoms with E-state index in [1.807, 2.05) is 0 Å². The van der Waals surface area contributed by atoms with Crippen molar-refractivity contribution in [2.45, 2.75) is 78.4 Å². The van der Waals surface area contributed by atoms with Crippen LogP contribution in [0.3, 0.4) is 0 Å². The van der Waals surface area contributed by atoms with Gasteiger partial charge in [-0.25, -0.2) is 0 Å². The normalized spacial score (nSPS) is 37.6. The van der Waals surface area contributed by atoms with E-state index in [0.29, 0.717) is 48.7 Å². The number of hydrogen-bond acceptors (Lipinski definition) is 6. The van der Waals surface area contributed by atoms with Gasteiger partial charge in [-0.15, -0.1) is 0 Å². The van der Waals surface area contributed by atoms with Crippen molar-refractivity contribution in [3.63, 3.8) is 0 Å². The number of rotatable bonds is 8. The zero-order valence-electron chi connectivity index (χ0n) is 19.6. The first-order chi connectivity index (χ1) is 14.2. The minimum absolute atomic E-state index is 0. The summed E-state index contributed by atoms with van der Waals surface area (Å²) >= 11 is 0. The van der Waals surface area contributed by atoms with Crippen molar-refractivity contribution in [2.75, 3.05) is 13.2 Å². The number of carbonyl (C=O) groups is 2. The Morgan fingerprint density at radius 3 is 1.32 bits per heavy atom. The monoisotopic (exact) mass is 462 g/mol. The third kappa shape index (κ3) is 6.59. The third-order valence-corrected chi connectivity index (χ3v) is 7.47. The van der Waals surface area contributed by atoms with Gasteiger partial charge in [-0.3, -0.25) is 0 Å².